The van der Waals surface area contributed by atoms with Crippen LogP contribution < -0.4 is 9.84 Å². The molecule has 23 heavy (non-hydrogen) atoms. The zero-order chi connectivity index (χ0) is 16.2. The van der Waals surface area contributed by atoms with Crippen molar-refractivity contribution in [3.63, 3.8) is 0 Å². The fraction of sp³-hybridized carbons (Fsp3) is 0.167. The summed E-state index contributed by atoms with van der Waals surface area (Å²) >= 11 is 1.65. The van der Waals surface area contributed by atoms with Crippen LogP contribution in [0.1, 0.15) is 12.1 Å². The Morgan fingerprint density at radius 3 is 2.70 bits per heavy atom. The molecule has 0 aliphatic heterocycles. The standard InChI is InChI=1S/C18H17NO3S/c1-22-16-6-3-2-5-14(16)19-13(9-11-18(20)21)8-10-15(19)17-7-4-12-23-17/h2-8,10,12H,9,11H2,1H3,(H,20,21)/p-1. The molecule has 2 heterocycles. The van der Waals surface area contributed by atoms with Crippen molar-refractivity contribution in [2.45, 2.75) is 12.8 Å². The van der Waals surface area contributed by atoms with Gasteiger partial charge < -0.3 is 19.2 Å². The Morgan fingerprint density at radius 1 is 1.17 bits per heavy atom. The van der Waals surface area contributed by atoms with E-state index in [4.69, 9.17) is 4.74 Å². The number of carbonyl (C=O) groups excluding carboxylic acids is 1. The third-order valence-electron chi connectivity index (χ3n) is 3.65. The monoisotopic (exact) mass is 326 g/mol. The summed E-state index contributed by atoms with van der Waals surface area (Å²) < 4.78 is 7.54. The molecule has 1 aromatic carbocycles. The number of aromatic nitrogens is 1. The van der Waals surface area contributed by atoms with Crippen LogP contribution in [0.2, 0.25) is 0 Å². The third kappa shape index (κ3) is 3.14. The van der Waals surface area contributed by atoms with Crippen LogP contribution in [0.3, 0.4) is 0 Å². The number of aryl methyl sites for hydroxylation is 1. The lowest BCUT2D eigenvalue weighted by molar-refractivity contribution is -0.305. The van der Waals surface area contributed by atoms with E-state index < -0.39 is 5.97 Å². The molecule has 0 spiro atoms. The van der Waals surface area contributed by atoms with Crippen molar-refractivity contribution in [3.8, 4) is 22.0 Å². The number of carboxylic acid groups (broad SMARTS) is 1. The number of methoxy groups -OCH3 is 1. The first kappa shape index (κ1) is 15.4. The van der Waals surface area contributed by atoms with Gasteiger partial charge in [-0.3, -0.25) is 0 Å². The van der Waals surface area contributed by atoms with Crippen LogP contribution in [-0.2, 0) is 11.2 Å². The molecule has 0 atom stereocenters. The Balaban J connectivity index is 2.14. The van der Waals surface area contributed by atoms with Crippen molar-refractivity contribution < 1.29 is 14.6 Å². The van der Waals surface area contributed by atoms with E-state index in [9.17, 15) is 9.90 Å². The first-order chi connectivity index (χ1) is 11.2. The Kier molecular flexibility index (Phi) is 4.48. The summed E-state index contributed by atoms with van der Waals surface area (Å²) in [5.41, 5.74) is 2.84. The van der Waals surface area contributed by atoms with Gasteiger partial charge >= 0.3 is 0 Å². The van der Waals surface area contributed by atoms with Gasteiger partial charge in [-0.15, -0.1) is 11.3 Å². The smallest absolute Gasteiger partial charge is 0.142 e. The molecule has 2 aromatic heterocycles. The molecule has 0 fully saturated rings. The average molecular weight is 326 g/mol. The number of aliphatic carboxylic acids is 1. The number of para-hydroxylation sites is 2. The Labute approximate surface area is 138 Å². The molecule has 118 valence electrons. The molecular formula is C18H16NO3S-. The molecule has 0 aliphatic carbocycles. The quantitative estimate of drug-likeness (QED) is 0.700. The van der Waals surface area contributed by atoms with E-state index in [0.717, 1.165) is 27.7 Å². The van der Waals surface area contributed by atoms with Crippen LogP contribution in [0.25, 0.3) is 16.3 Å². The topological polar surface area (TPSA) is 54.3 Å². The summed E-state index contributed by atoms with van der Waals surface area (Å²) in [6.45, 7) is 0. The fourth-order valence-corrected chi connectivity index (χ4v) is 3.36. The van der Waals surface area contributed by atoms with Gasteiger partial charge in [0, 0.05) is 11.7 Å². The number of carbonyl (C=O) groups is 1. The maximum absolute atomic E-state index is 10.8. The van der Waals surface area contributed by atoms with Crippen molar-refractivity contribution in [1.29, 1.82) is 0 Å². The van der Waals surface area contributed by atoms with Crippen LogP contribution in [0.15, 0.2) is 53.9 Å². The summed E-state index contributed by atoms with van der Waals surface area (Å²) in [7, 11) is 1.63. The Hall–Kier alpha value is -2.53. The number of hydrogen-bond donors (Lipinski definition) is 0. The summed E-state index contributed by atoms with van der Waals surface area (Å²) in [5.74, 6) is -0.299. The van der Waals surface area contributed by atoms with Crippen molar-refractivity contribution in [1.82, 2.24) is 4.57 Å². The number of carboxylic acids is 1. The van der Waals surface area contributed by atoms with Gasteiger partial charge in [0.25, 0.3) is 0 Å². The second kappa shape index (κ2) is 6.71. The highest BCUT2D eigenvalue weighted by Crippen LogP contribution is 2.33. The molecular weight excluding hydrogens is 310 g/mol. The molecule has 0 N–H and O–H groups in total. The minimum absolute atomic E-state index is 0.0109. The van der Waals surface area contributed by atoms with E-state index in [1.807, 2.05) is 47.8 Å². The van der Waals surface area contributed by atoms with E-state index >= 15 is 0 Å². The molecule has 0 bridgehead atoms. The van der Waals surface area contributed by atoms with Gasteiger partial charge in [0.05, 0.1) is 23.4 Å². The van der Waals surface area contributed by atoms with Crippen molar-refractivity contribution in [3.05, 3.63) is 59.6 Å². The second-order valence-electron chi connectivity index (χ2n) is 5.07. The molecule has 0 saturated heterocycles. The molecule has 3 aromatic rings. The molecule has 4 nitrogen and oxygen atoms in total. The highest BCUT2D eigenvalue weighted by molar-refractivity contribution is 7.13. The zero-order valence-corrected chi connectivity index (χ0v) is 13.5. The highest BCUT2D eigenvalue weighted by Gasteiger charge is 2.15. The minimum Gasteiger partial charge on any atom is -0.550 e. The first-order valence-electron chi connectivity index (χ1n) is 7.28. The van der Waals surface area contributed by atoms with E-state index in [1.54, 1.807) is 18.4 Å². The second-order valence-corrected chi connectivity index (χ2v) is 6.01. The van der Waals surface area contributed by atoms with Crippen molar-refractivity contribution >= 4 is 17.3 Å². The largest absolute Gasteiger partial charge is 0.550 e. The van der Waals surface area contributed by atoms with Gasteiger partial charge in [-0.1, -0.05) is 18.2 Å². The lowest BCUT2D eigenvalue weighted by atomic mass is 10.2. The molecule has 0 radical (unpaired) electrons. The summed E-state index contributed by atoms with van der Waals surface area (Å²) in [6.07, 6.45) is 0.398. The SMILES string of the molecule is COc1ccccc1-n1c(CCC(=O)[O-])ccc1-c1cccs1. The van der Waals surface area contributed by atoms with Gasteiger partial charge in [-0.25, -0.2) is 0 Å². The number of rotatable bonds is 6. The number of benzene rings is 1. The minimum atomic E-state index is -1.05. The molecule has 0 aliphatic rings. The maximum atomic E-state index is 10.8. The number of thiophene rings is 1. The van der Waals surface area contributed by atoms with Crippen molar-refractivity contribution in [2.75, 3.05) is 7.11 Å². The van der Waals surface area contributed by atoms with Crippen LogP contribution in [-0.4, -0.2) is 17.6 Å². The molecule has 5 heteroatoms. The van der Waals surface area contributed by atoms with E-state index in [-0.39, 0.29) is 6.42 Å². The maximum Gasteiger partial charge on any atom is 0.142 e. The predicted molar refractivity (Wildman–Crippen MR) is 89.0 cm³/mol. The normalized spacial score (nSPS) is 10.7. The van der Waals surface area contributed by atoms with E-state index in [1.165, 1.54) is 0 Å². The van der Waals surface area contributed by atoms with Crippen LogP contribution >= 0.6 is 11.3 Å². The molecule has 0 saturated carbocycles. The number of nitrogens with zero attached hydrogens (tertiary/aromatic N) is 1. The van der Waals surface area contributed by atoms with Gasteiger partial charge in [-0.2, -0.15) is 0 Å². The molecule has 0 unspecified atom stereocenters. The Bertz CT molecular complexity index is 806. The highest BCUT2D eigenvalue weighted by atomic mass is 32.1. The van der Waals surface area contributed by atoms with E-state index in [2.05, 4.69) is 10.6 Å². The summed E-state index contributed by atoms with van der Waals surface area (Å²) in [6, 6.07) is 15.8. The van der Waals surface area contributed by atoms with Gasteiger partial charge in [0.2, 0.25) is 0 Å². The Morgan fingerprint density at radius 2 is 2.00 bits per heavy atom. The van der Waals surface area contributed by atoms with E-state index in [0.29, 0.717) is 6.42 Å². The van der Waals surface area contributed by atoms with Crippen LogP contribution in [0.5, 0.6) is 5.75 Å². The first-order valence-corrected chi connectivity index (χ1v) is 8.16. The fourth-order valence-electron chi connectivity index (χ4n) is 2.62. The lowest BCUT2D eigenvalue weighted by Gasteiger charge is -2.16. The number of hydrogen-bond acceptors (Lipinski definition) is 4. The van der Waals surface area contributed by atoms with Gasteiger partial charge in [-0.05, 0) is 48.6 Å². The summed E-state index contributed by atoms with van der Waals surface area (Å²) in [5, 5.41) is 12.9. The molecule has 3 rings (SSSR count). The third-order valence-corrected chi connectivity index (χ3v) is 4.54. The number of ether oxygens (including phenoxy) is 1. The summed E-state index contributed by atoms with van der Waals surface area (Å²) in [4.78, 5) is 12.0. The predicted octanol–water partition coefficient (Wildman–Crippen LogP) is 2.90. The van der Waals surface area contributed by atoms with Gasteiger partial charge in [0.1, 0.15) is 5.75 Å². The van der Waals surface area contributed by atoms with Gasteiger partial charge in [0.15, 0.2) is 0 Å². The van der Waals surface area contributed by atoms with Crippen molar-refractivity contribution in [2.24, 2.45) is 0 Å². The van der Waals surface area contributed by atoms with Crippen LogP contribution in [0, 0.1) is 0 Å². The average Bonchev–Trinajstić information content (AvgIpc) is 3.21. The van der Waals surface area contributed by atoms with Crippen LogP contribution in [0.4, 0.5) is 0 Å². The lowest BCUT2D eigenvalue weighted by Crippen LogP contribution is -2.22. The zero-order valence-electron chi connectivity index (χ0n) is 12.7. The molecule has 0 amide bonds.